The van der Waals surface area contributed by atoms with E-state index >= 15 is 0 Å². The van der Waals surface area contributed by atoms with E-state index in [0.717, 1.165) is 12.8 Å². The summed E-state index contributed by atoms with van der Waals surface area (Å²) in [6, 6.07) is 0. The fraction of sp³-hybridized carbons (Fsp3) is 0.900. The van der Waals surface area contributed by atoms with Crippen LogP contribution in [0.5, 0.6) is 0 Å². The van der Waals surface area contributed by atoms with Crippen molar-refractivity contribution in [3.63, 3.8) is 0 Å². The molecule has 0 spiro atoms. The molecule has 72 valence electrons. The van der Waals surface area contributed by atoms with Gasteiger partial charge in [0.25, 0.3) is 0 Å². The van der Waals surface area contributed by atoms with Crippen LogP contribution in [0.1, 0.15) is 52.4 Å². The van der Waals surface area contributed by atoms with Crippen LogP contribution in [0.4, 0.5) is 0 Å². The van der Waals surface area contributed by atoms with Crippen molar-refractivity contribution in [2.45, 2.75) is 52.4 Å². The Bertz CT molecular complexity index is 121. The van der Waals surface area contributed by atoms with Gasteiger partial charge in [0.05, 0.1) is 5.71 Å². The van der Waals surface area contributed by atoms with E-state index in [-0.39, 0.29) is 0 Å². The highest BCUT2D eigenvalue weighted by Gasteiger charge is 1.96. The quantitative estimate of drug-likeness (QED) is 0.327. The summed E-state index contributed by atoms with van der Waals surface area (Å²) in [5, 5.41) is 3.96. The smallest absolute Gasteiger partial charge is 0.106 e. The number of nitrogens with zero attached hydrogens (tertiary/aromatic N) is 1. The minimum atomic E-state index is 1.01. The first-order valence-corrected chi connectivity index (χ1v) is 4.94. The monoisotopic (exact) mass is 171 g/mol. The number of unbranched alkanes of at least 4 members (excludes halogenated alkanes) is 3. The fourth-order valence-electron chi connectivity index (χ4n) is 1.17. The highest BCUT2D eigenvalue weighted by Crippen LogP contribution is 2.05. The number of hydrogen-bond acceptors (Lipinski definition) is 2. The second-order valence-electron chi connectivity index (χ2n) is 3.00. The standard InChI is InChI=1S/C10H21NO/c1-4-6-7-8-9-10(5-2)11-12-3/h4-9H2,1-3H3/b11-10+. The van der Waals surface area contributed by atoms with Crippen LogP contribution >= 0.6 is 0 Å². The van der Waals surface area contributed by atoms with Crippen molar-refractivity contribution >= 4 is 5.71 Å². The van der Waals surface area contributed by atoms with Crippen molar-refractivity contribution in [3.8, 4) is 0 Å². The number of hydrogen-bond donors (Lipinski definition) is 0. The van der Waals surface area contributed by atoms with Crippen LogP contribution in [0.15, 0.2) is 5.16 Å². The van der Waals surface area contributed by atoms with Gasteiger partial charge in [-0.05, 0) is 19.3 Å². The molecule has 0 aromatic heterocycles. The van der Waals surface area contributed by atoms with Crippen molar-refractivity contribution < 1.29 is 4.84 Å². The summed E-state index contributed by atoms with van der Waals surface area (Å²) in [5.74, 6) is 0. The van der Waals surface area contributed by atoms with Crippen molar-refractivity contribution in [1.29, 1.82) is 0 Å². The van der Waals surface area contributed by atoms with E-state index in [9.17, 15) is 0 Å². The molecule has 0 rings (SSSR count). The molecule has 0 aliphatic carbocycles. The molecule has 0 saturated carbocycles. The van der Waals surface area contributed by atoms with Crippen LogP contribution < -0.4 is 0 Å². The Kier molecular flexibility index (Phi) is 8.19. The van der Waals surface area contributed by atoms with E-state index in [2.05, 4.69) is 19.0 Å². The van der Waals surface area contributed by atoms with Gasteiger partial charge in [0, 0.05) is 0 Å². The molecule has 2 heteroatoms. The van der Waals surface area contributed by atoms with Crippen LogP contribution in [-0.4, -0.2) is 12.8 Å². The maximum absolute atomic E-state index is 4.74. The largest absolute Gasteiger partial charge is 0.399 e. The molecule has 0 aromatic carbocycles. The Hall–Kier alpha value is -0.530. The fourth-order valence-corrected chi connectivity index (χ4v) is 1.17. The second kappa shape index (κ2) is 8.57. The molecule has 0 aromatic rings. The molecular weight excluding hydrogens is 150 g/mol. The molecule has 0 aliphatic rings. The second-order valence-corrected chi connectivity index (χ2v) is 3.00. The molecule has 0 saturated heterocycles. The zero-order valence-electron chi connectivity index (χ0n) is 8.60. The van der Waals surface area contributed by atoms with E-state index in [1.54, 1.807) is 7.11 Å². The van der Waals surface area contributed by atoms with Crippen LogP contribution in [0.25, 0.3) is 0 Å². The van der Waals surface area contributed by atoms with Crippen LogP contribution in [-0.2, 0) is 4.84 Å². The Balaban J connectivity index is 3.38. The zero-order valence-corrected chi connectivity index (χ0v) is 8.60. The van der Waals surface area contributed by atoms with E-state index in [1.807, 2.05) is 0 Å². The Morgan fingerprint density at radius 3 is 2.42 bits per heavy atom. The van der Waals surface area contributed by atoms with Crippen molar-refractivity contribution in [1.82, 2.24) is 0 Å². The highest BCUT2D eigenvalue weighted by atomic mass is 16.6. The molecule has 2 nitrogen and oxygen atoms in total. The summed E-state index contributed by atoms with van der Waals surface area (Å²) < 4.78 is 0. The summed E-state index contributed by atoms with van der Waals surface area (Å²) in [6.45, 7) is 4.35. The SMILES string of the molecule is CCCCCC/C(CC)=N/OC. The van der Waals surface area contributed by atoms with Gasteiger partial charge in [-0.15, -0.1) is 0 Å². The molecule has 0 atom stereocenters. The highest BCUT2D eigenvalue weighted by molar-refractivity contribution is 5.83. The van der Waals surface area contributed by atoms with Gasteiger partial charge in [0.15, 0.2) is 0 Å². The molecule has 0 bridgehead atoms. The number of oxime groups is 1. The molecule has 0 fully saturated rings. The minimum absolute atomic E-state index is 1.01. The lowest BCUT2D eigenvalue weighted by molar-refractivity contribution is 0.211. The predicted molar refractivity (Wildman–Crippen MR) is 53.5 cm³/mol. The summed E-state index contributed by atoms with van der Waals surface area (Å²) in [5.41, 5.74) is 1.19. The third-order valence-corrected chi connectivity index (χ3v) is 1.95. The van der Waals surface area contributed by atoms with E-state index in [4.69, 9.17) is 4.84 Å². The van der Waals surface area contributed by atoms with E-state index < -0.39 is 0 Å². The summed E-state index contributed by atoms with van der Waals surface area (Å²) in [4.78, 5) is 4.74. The third kappa shape index (κ3) is 6.20. The van der Waals surface area contributed by atoms with E-state index in [0.29, 0.717) is 0 Å². The molecular formula is C10H21NO. The average Bonchev–Trinajstić information content (AvgIpc) is 2.10. The summed E-state index contributed by atoms with van der Waals surface area (Å²) >= 11 is 0. The topological polar surface area (TPSA) is 21.6 Å². The maximum Gasteiger partial charge on any atom is 0.106 e. The molecule has 0 unspecified atom stereocenters. The Morgan fingerprint density at radius 1 is 1.17 bits per heavy atom. The molecule has 12 heavy (non-hydrogen) atoms. The molecule has 0 radical (unpaired) electrons. The van der Waals surface area contributed by atoms with Crippen LogP contribution in [0, 0.1) is 0 Å². The van der Waals surface area contributed by atoms with Gasteiger partial charge in [0.2, 0.25) is 0 Å². The molecule has 0 amide bonds. The summed E-state index contributed by atoms with van der Waals surface area (Å²) in [7, 11) is 1.61. The first kappa shape index (κ1) is 11.5. The first-order valence-electron chi connectivity index (χ1n) is 4.94. The molecule has 0 heterocycles. The van der Waals surface area contributed by atoms with Gasteiger partial charge >= 0.3 is 0 Å². The van der Waals surface area contributed by atoms with Gasteiger partial charge in [-0.2, -0.15) is 0 Å². The van der Waals surface area contributed by atoms with Gasteiger partial charge in [-0.25, -0.2) is 0 Å². The normalized spacial score (nSPS) is 11.8. The van der Waals surface area contributed by atoms with Gasteiger partial charge in [-0.3, -0.25) is 0 Å². The first-order chi connectivity index (χ1) is 5.85. The van der Waals surface area contributed by atoms with Gasteiger partial charge in [0.1, 0.15) is 7.11 Å². The lowest BCUT2D eigenvalue weighted by atomic mass is 10.1. The molecule has 0 aliphatic heterocycles. The summed E-state index contributed by atoms with van der Waals surface area (Å²) in [6.07, 6.45) is 7.32. The van der Waals surface area contributed by atoms with Gasteiger partial charge in [-0.1, -0.05) is 38.3 Å². The minimum Gasteiger partial charge on any atom is -0.399 e. The van der Waals surface area contributed by atoms with Crippen LogP contribution in [0.2, 0.25) is 0 Å². The lowest BCUT2D eigenvalue weighted by Gasteiger charge is -2.01. The van der Waals surface area contributed by atoms with E-state index in [1.165, 1.54) is 31.4 Å². The molecule has 0 N–H and O–H groups in total. The lowest BCUT2D eigenvalue weighted by Crippen LogP contribution is -1.96. The zero-order chi connectivity index (χ0) is 9.23. The maximum atomic E-state index is 4.74. The van der Waals surface area contributed by atoms with Gasteiger partial charge < -0.3 is 4.84 Å². The van der Waals surface area contributed by atoms with Crippen molar-refractivity contribution in [2.24, 2.45) is 5.16 Å². The average molecular weight is 171 g/mol. The Labute approximate surface area is 76.0 Å². The van der Waals surface area contributed by atoms with Crippen molar-refractivity contribution in [2.75, 3.05) is 7.11 Å². The van der Waals surface area contributed by atoms with Crippen LogP contribution in [0.3, 0.4) is 0 Å². The predicted octanol–water partition coefficient (Wildman–Crippen LogP) is 3.37. The third-order valence-electron chi connectivity index (χ3n) is 1.95. The Morgan fingerprint density at radius 2 is 1.92 bits per heavy atom. The van der Waals surface area contributed by atoms with Crippen molar-refractivity contribution in [3.05, 3.63) is 0 Å². The number of rotatable bonds is 7.